The van der Waals surface area contributed by atoms with Gasteiger partial charge in [-0.25, -0.2) is 9.59 Å². The van der Waals surface area contributed by atoms with Gasteiger partial charge < -0.3 is 9.84 Å². The summed E-state index contributed by atoms with van der Waals surface area (Å²) in [6.45, 7) is 2.06. The lowest BCUT2D eigenvalue weighted by Gasteiger charge is -2.26. The van der Waals surface area contributed by atoms with Crippen LogP contribution in [0.3, 0.4) is 0 Å². The molecule has 1 N–H and O–H groups in total. The summed E-state index contributed by atoms with van der Waals surface area (Å²) in [6, 6.07) is 20.3. The van der Waals surface area contributed by atoms with Crippen LogP contribution in [0.25, 0.3) is 11.1 Å². The smallest absolute Gasteiger partial charge is 0.410 e. The Morgan fingerprint density at radius 1 is 1.03 bits per heavy atom. The number of halogens is 1. The Morgan fingerprint density at radius 2 is 1.61 bits per heavy atom. The minimum atomic E-state index is -1.15. The number of fused-ring (bicyclic) bond motifs is 3. The molecule has 3 aromatic rings. The fraction of sp³-hybridized carbons (Fsp3) is 0.200. The number of ether oxygens (including phenoxy) is 1. The van der Waals surface area contributed by atoms with Gasteiger partial charge in [-0.3, -0.25) is 4.90 Å². The second-order valence-electron chi connectivity index (χ2n) is 7.66. The van der Waals surface area contributed by atoms with Gasteiger partial charge in [0.25, 0.3) is 0 Å². The van der Waals surface area contributed by atoms with Crippen LogP contribution in [-0.2, 0) is 9.53 Å². The summed E-state index contributed by atoms with van der Waals surface area (Å²) < 4.78 is 6.41. The molecule has 0 aliphatic heterocycles. The minimum Gasteiger partial charge on any atom is -0.479 e. The fourth-order valence-corrected chi connectivity index (χ4v) is 4.51. The number of amides is 1. The second-order valence-corrected chi connectivity index (χ2v) is 8.52. The number of hydrogen-bond acceptors (Lipinski definition) is 3. The molecule has 0 saturated carbocycles. The molecular formula is C25H22BrNO4. The van der Waals surface area contributed by atoms with Crippen molar-refractivity contribution in [3.63, 3.8) is 0 Å². The number of carbonyl (C=O) groups is 2. The highest BCUT2D eigenvalue weighted by Gasteiger charge is 2.32. The number of rotatable bonds is 5. The fourth-order valence-electron chi connectivity index (χ4n) is 4.11. The summed E-state index contributed by atoms with van der Waals surface area (Å²) in [5.41, 5.74) is 5.98. The molecule has 1 atom stereocenters. The van der Waals surface area contributed by atoms with Crippen LogP contribution in [0.15, 0.2) is 71.2 Å². The Morgan fingerprint density at radius 3 is 2.16 bits per heavy atom. The lowest BCUT2D eigenvalue weighted by Crippen LogP contribution is -2.36. The van der Waals surface area contributed by atoms with Crippen molar-refractivity contribution in [3.05, 3.63) is 93.5 Å². The maximum absolute atomic E-state index is 12.8. The first-order chi connectivity index (χ1) is 14.9. The summed E-state index contributed by atoms with van der Waals surface area (Å²) in [7, 11) is 1.45. The van der Waals surface area contributed by atoms with E-state index in [2.05, 4.69) is 28.1 Å². The van der Waals surface area contributed by atoms with Gasteiger partial charge in [-0.1, -0.05) is 76.6 Å². The molecule has 1 aliphatic rings. The monoisotopic (exact) mass is 479 g/mol. The molecule has 1 unspecified atom stereocenters. The minimum absolute atomic E-state index is 0.0819. The number of carboxylic acids is 1. The van der Waals surface area contributed by atoms with Gasteiger partial charge in [0.1, 0.15) is 6.61 Å². The van der Waals surface area contributed by atoms with Gasteiger partial charge in [-0.05, 0) is 46.4 Å². The standard InChI is InChI=1S/C25H22BrNO4/c1-15-11-12-16(13-22(15)26)23(24(28)29)27(2)25(30)31-14-21-19-9-5-3-7-17(19)18-8-4-6-10-20(18)21/h3-13,21,23H,14H2,1-2H3,(H,28,29). The summed E-state index contributed by atoms with van der Waals surface area (Å²) in [6.07, 6.45) is -0.675. The van der Waals surface area contributed by atoms with E-state index in [1.807, 2.05) is 49.4 Å². The van der Waals surface area contributed by atoms with Gasteiger partial charge in [0.2, 0.25) is 0 Å². The van der Waals surface area contributed by atoms with E-state index in [-0.39, 0.29) is 12.5 Å². The SMILES string of the molecule is Cc1ccc(C(C(=O)O)N(C)C(=O)OCC2c3ccccc3-c3ccccc32)cc1Br. The summed E-state index contributed by atoms with van der Waals surface area (Å²) >= 11 is 3.43. The number of benzene rings is 3. The molecule has 3 aromatic carbocycles. The lowest BCUT2D eigenvalue weighted by molar-refractivity contribution is -0.142. The number of aliphatic carboxylic acids is 1. The number of hydrogen-bond donors (Lipinski definition) is 1. The molecule has 6 heteroatoms. The molecule has 0 radical (unpaired) electrons. The zero-order valence-corrected chi connectivity index (χ0v) is 18.8. The Bertz CT molecular complexity index is 1110. The van der Waals surface area contributed by atoms with Gasteiger partial charge in [0, 0.05) is 17.4 Å². The lowest BCUT2D eigenvalue weighted by atomic mass is 9.98. The predicted octanol–water partition coefficient (Wildman–Crippen LogP) is 5.76. The predicted molar refractivity (Wildman–Crippen MR) is 122 cm³/mol. The van der Waals surface area contributed by atoms with Crippen LogP contribution in [0.5, 0.6) is 0 Å². The quantitative estimate of drug-likeness (QED) is 0.504. The van der Waals surface area contributed by atoms with E-state index in [1.54, 1.807) is 12.1 Å². The van der Waals surface area contributed by atoms with Crippen LogP contribution in [0.4, 0.5) is 4.79 Å². The van der Waals surface area contributed by atoms with Crippen molar-refractivity contribution in [1.29, 1.82) is 0 Å². The van der Waals surface area contributed by atoms with Crippen LogP contribution >= 0.6 is 15.9 Å². The molecule has 5 nitrogen and oxygen atoms in total. The van der Waals surface area contributed by atoms with Gasteiger partial charge in [0.15, 0.2) is 6.04 Å². The number of nitrogens with zero attached hydrogens (tertiary/aromatic N) is 1. The van der Waals surface area contributed by atoms with E-state index in [1.165, 1.54) is 7.05 Å². The Labute approximate surface area is 189 Å². The van der Waals surface area contributed by atoms with Gasteiger partial charge in [-0.2, -0.15) is 0 Å². The molecule has 0 fully saturated rings. The van der Waals surface area contributed by atoms with Crippen LogP contribution in [0.1, 0.15) is 34.2 Å². The molecule has 4 rings (SSSR count). The van der Waals surface area contributed by atoms with Crippen LogP contribution in [-0.4, -0.2) is 35.7 Å². The van der Waals surface area contributed by atoms with Crippen LogP contribution < -0.4 is 0 Å². The number of likely N-dealkylation sites (N-methyl/N-ethyl adjacent to an activating group) is 1. The highest BCUT2D eigenvalue weighted by Crippen LogP contribution is 2.44. The summed E-state index contributed by atoms with van der Waals surface area (Å²) in [5.74, 6) is -1.20. The Hall–Kier alpha value is -3.12. The molecule has 1 aliphatic carbocycles. The zero-order chi connectivity index (χ0) is 22.1. The first-order valence-corrected chi connectivity index (χ1v) is 10.7. The third-order valence-corrected chi connectivity index (χ3v) is 6.61. The Balaban J connectivity index is 1.54. The van der Waals surface area contributed by atoms with Gasteiger partial charge in [0.05, 0.1) is 0 Å². The maximum Gasteiger partial charge on any atom is 0.410 e. The van der Waals surface area contributed by atoms with Crippen molar-refractivity contribution in [2.75, 3.05) is 13.7 Å². The second kappa shape index (κ2) is 8.55. The molecule has 0 aromatic heterocycles. The van der Waals surface area contributed by atoms with E-state index in [9.17, 15) is 14.7 Å². The average molecular weight is 480 g/mol. The van der Waals surface area contributed by atoms with E-state index in [4.69, 9.17) is 4.74 Å². The first-order valence-electron chi connectivity index (χ1n) is 9.95. The molecule has 0 spiro atoms. The number of carboxylic acid groups (broad SMARTS) is 1. The molecule has 1 amide bonds. The molecule has 0 bridgehead atoms. The normalized spacial score (nSPS) is 13.3. The van der Waals surface area contributed by atoms with Gasteiger partial charge in [-0.15, -0.1) is 0 Å². The maximum atomic E-state index is 12.8. The van der Waals surface area contributed by atoms with Crippen molar-refractivity contribution in [2.45, 2.75) is 18.9 Å². The molecule has 0 saturated heterocycles. The van der Waals surface area contributed by atoms with E-state index < -0.39 is 18.1 Å². The van der Waals surface area contributed by atoms with Crippen LogP contribution in [0.2, 0.25) is 0 Å². The number of aryl methyl sites for hydroxylation is 1. The third kappa shape index (κ3) is 3.95. The van der Waals surface area contributed by atoms with Crippen molar-refractivity contribution in [3.8, 4) is 11.1 Å². The van der Waals surface area contributed by atoms with Crippen molar-refractivity contribution in [2.24, 2.45) is 0 Å². The van der Waals surface area contributed by atoms with E-state index in [0.29, 0.717) is 5.56 Å². The van der Waals surface area contributed by atoms with Gasteiger partial charge >= 0.3 is 12.1 Å². The van der Waals surface area contributed by atoms with Crippen molar-refractivity contribution < 1.29 is 19.4 Å². The highest BCUT2D eigenvalue weighted by molar-refractivity contribution is 9.10. The number of carbonyl (C=O) groups excluding carboxylic acids is 1. The molecule has 158 valence electrons. The summed E-state index contributed by atoms with van der Waals surface area (Å²) in [5, 5.41) is 9.78. The van der Waals surface area contributed by atoms with Crippen molar-refractivity contribution >= 4 is 28.0 Å². The largest absolute Gasteiger partial charge is 0.479 e. The average Bonchev–Trinajstić information content (AvgIpc) is 3.08. The van der Waals surface area contributed by atoms with Crippen molar-refractivity contribution in [1.82, 2.24) is 4.90 Å². The third-order valence-electron chi connectivity index (χ3n) is 5.76. The molecule has 0 heterocycles. The van der Waals surface area contributed by atoms with E-state index >= 15 is 0 Å². The van der Waals surface area contributed by atoms with E-state index in [0.717, 1.165) is 37.2 Å². The molecule has 31 heavy (non-hydrogen) atoms. The summed E-state index contributed by atoms with van der Waals surface area (Å²) in [4.78, 5) is 25.9. The first kappa shape index (κ1) is 21.1. The topological polar surface area (TPSA) is 66.8 Å². The highest BCUT2D eigenvalue weighted by atomic mass is 79.9. The molecular weight excluding hydrogens is 458 g/mol. The Kier molecular flexibility index (Phi) is 5.83. The zero-order valence-electron chi connectivity index (χ0n) is 17.2. The van der Waals surface area contributed by atoms with Crippen LogP contribution in [0, 0.1) is 6.92 Å².